The number of benzene rings is 1. The normalized spacial score (nSPS) is 14.4. The average Bonchev–Trinajstić information content (AvgIpc) is 3.22. The molecule has 3 rings (SSSR count). The number of pyridine rings is 1. The van der Waals surface area contributed by atoms with E-state index >= 15 is 0 Å². The highest BCUT2D eigenvalue weighted by Crippen LogP contribution is 2.40. The van der Waals surface area contributed by atoms with Crippen molar-refractivity contribution in [3.8, 4) is 5.75 Å². The van der Waals surface area contributed by atoms with E-state index in [9.17, 15) is 9.59 Å². The van der Waals surface area contributed by atoms with Gasteiger partial charge in [-0.2, -0.15) is 0 Å². The molecule has 1 heterocycles. The van der Waals surface area contributed by atoms with E-state index in [1.807, 2.05) is 4.57 Å². The zero-order chi connectivity index (χ0) is 14.3. The summed E-state index contributed by atoms with van der Waals surface area (Å²) in [6, 6.07) is 7.03. The maximum atomic E-state index is 12.2. The van der Waals surface area contributed by atoms with Gasteiger partial charge in [-0.25, -0.2) is 0 Å². The summed E-state index contributed by atoms with van der Waals surface area (Å²) < 4.78 is 7.32. The Kier molecular flexibility index (Phi) is 2.97. The molecule has 1 aromatic carbocycles. The molecule has 5 nitrogen and oxygen atoms in total. The van der Waals surface area contributed by atoms with Crippen molar-refractivity contribution in [3.63, 3.8) is 0 Å². The first kappa shape index (κ1) is 12.7. The smallest absolute Gasteiger partial charge is 0.309 e. The van der Waals surface area contributed by atoms with Crippen molar-refractivity contribution in [2.24, 2.45) is 0 Å². The van der Waals surface area contributed by atoms with E-state index in [1.165, 1.54) is 6.07 Å². The van der Waals surface area contributed by atoms with Crippen LogP contribution in [-0.4, -0.2) is 22.8 Å². The zero-order valence-electron chi connectivity index (χ0n) is 11.1. The molecule has 0 spiro atoms. The van der Waals surface area contributed by atoms with Crippen LogP contribution in [0.1, 0.15) is 24.6 Å². The summed E-state index contributed by atoms with van der Waals surface area (Å²) in [6.45, 7) is 0. The van der Waals surface area contributed by atoms with E-state index < -0.39 is 5.97 Å². The predicted octanol–water partition coefficient (Wildman–Crippen LogP) is 1.97. The molecule has 1 aliphatic rings. The number of carboxylic acid groups (broad SMARTS) is 1. The van der Waals surface area contributed by atoms with Gasteiger partial charge in [0.25, 0.3) is 0 Å². The van der Waals surface area contributed by atoms with Crippen LogP contribution in [0.15, 0.2) is 29.1 Å². The van der Waals surface area contributed by atoms with Gasteiger partial charge in [-0.05, 0) is 25.0 Å². The Bertz CT molecular complexity index is 743. The highest BCUT2D eigenvalue weighted by Gasteiger charge is 2.28. The first-order valence-corrected chi connectivity index (χ1v) is 6.54. The first-order valence-electron chi connectivity index (χ1n) is 6.54. The fourth-order valence-corrected chi connectivity index (χ4v) is 2.62. The van der Waals surface area contributed by atoms with E-state index in [0.29, 0.717) is 22.3 Å². The summed E-state index contributed by atoms with van der Waals surface area (Å²) in [5.41, 5.74) is 1.09. The van der Waals surface area contributed by atoms with Crippen LogP contribution in [0.4, 0.5) is 0 Å². The molecule has 0 bridgehead atoms. The lowest BCUT2D eigenvalue weighted by Crippen LogP contribution is -2.17. The largest absolute Gasteiger partial charge is 0.495 e. The van der Waals surface area contributed by atoms with Crippen molar-refractivity contribution in [1.82, 2.24) is 4.57 Å². The molecule has 5 heteroatoms. The molecular weight excluding hydrogens is 258 g/mol. The van der Waals surface area contributed by atoms with Crippen LogP contribution in [0.25, 0.3) is 10.9 Å². The molecule has 1 aromatic heterocycles. The van der Waals surface area contributed by atoms with Crippen LogP contribution in [0.5, 0.6) is 5.75 Å². The van der Waals surface area contributed by atoms with Gasteiger partial charge in [0.1, 0.15) is 5.75 Å². The molecule has 1 N–H and O–H groups in total. The van der Waals surface area contributed by atoms with Crippen LogP contribution < -0.4 is 10.2 Å². The third-order valence-corrected chi connectivity index (χ3v) is 3.58. The van der Waals surface area contributed by atoms with Gasteiger partial charge in [-0.15, -0.1) is 0 Å². The number of para-hydroxylation sites is 1. The van der Waals surface area contributed by atoms with Gasteiger partial charge in [0.2, 0.25) is 0 Å². The molecule has 0 unspecified atom stereocenters. The number of aliphatic carboxylic acids is 1. The van der Waals surface area contributed by atoms with Crippen LogP contribution in [-0.2, 0) is 11.2 Å². The number of carboxylic acids is 1. The zero-order valence-corrected chi connectivity index (χ0v) is 11.1. The minimum absolute atomic E-state index is 0.153. The SMILES string of the molecule is COc1cccc2c(=O)cc(CC(=O)O)n(C3CC3)c12. The summed E-state index contributed by atoms with van der Waals surface area (Å²) in [7, 11) is 1.56. The third kappa shape index (κ3) is 2.05. The van der Waals surface area contributed by atoms with Crippen LogP contribution in [0.3, 0.4) is 0 Å². The van der Waals surface area contributed by atoms with Crippen LogP contribution in [0.2, 0.25) is 0 Å². The first-order chi connectivity index (χ1) is 9.61. The van der Waals surface area contributed by atoms with Gasteiger partial charge < -0.3 is 14.4 Å². The standard InChI is InChI=1S/C15H15NO4/c1-20-13-4-2-3-11-12(17)7-10(8-14(18)19)16(15(11)13)9-5-6-9/h2-4,7,9H,5-6,8H2,1H3,(H,18,19). The second-order valence-electron chi connectivity index (χ2n) is 5.03. The number of ether oxygens (including phenoxy) is 1. The Hall–Kier alpha value is -2.30. The Morgan fingerprint density at radius 1 is 1.45 bits per heavy atom. The number of nitrogens with zero attached hydrogens (tertiary/aromatic N) is 1. The van der Waals surface area contributed by atoms with Crippen molar-refractivity contribution < 1.29 is 14.6 Å². The molecule has 0 atom stereocenters. The molecule has 1 saturated carbocycles. The Morgan fingerprint density at radius 3 is 2.80 bits per heavy atom. The van der Waals surface area contributed by atoms with E-state index in [1.54, 1.807) is 25.3 Å². The van der Waals surface area contributed by atoms with Crippen molar-refractivity contribution in [2.45, 2.75) is 25.3 Å². The quantitative estimate of drug-likeness (QED) is 0.924. The summed E-state index contributed by atoms with van der Waals surface area (Å²) in [5, 5.41) is 9.61. The third-order valence-electron chi connectivity index (χ3n) is 3.58. The second-order valence-corrected chi connectivity index (χ2v) is 5.03. The predicted molar refractivity (Wildman–Crippen MR) is 74.4 cm³/mol. The van der Waals surface area contributed by atoms with Gasteiger partial charge in [0, 0.05) is 23.2 Å². The van der Waals surface area contributed by atoms with Gasteiger partial charge >= 0.3 is 5.97 Å². The fraction of sp³-hybridized carbons (Fsp3) is 0.333. The lowest BCUT2D eigenvalue weighted by atomic mass is 10.1. The van der Waals surface area contributed by atoms with Gasteiger partial charge in [-0.1, -0.05) is 6.07 Å². The topological polar surface area (TPSA) is 68.5 Å². The summed E-state index contributed by atoms with van der Waals surface area (Å²) >= 11 is 0. The molecule has 2 aromatic rings. The number of rotatable bonds is 4. The second kappa shape index (κ2) is 4.67. The molecule has 0 aliphatic heterocycles. The summed E-state index contributed by atoms with van der Waals surface area (Å²) in [6.07, 6.45) is 1.85. The highest BCUT2D eigenvalue weighted by atomic mass is 16.5. The Balaban J connectivity index is 2.37. The Labute approximate surface area is 115 Å². The number of hydrogen-bond acceptors (Lipinski definition) is 3. The number of aromatic nitrogens is 1. The molecule has 1 fully saturated rings. The highest BCUT2D eigenvalue weighted by molar-refractivity contribution is 5.86. The summed E-state index contributed by atoms with van der Waals surface area (Å²) in [5.74, 6) is -0.327. The average molecular weight is 273 g/mol. The lowest BCUT2D eigenvalue weighted by molar-refractivity contribution is -0.136. The molecule has 0 radical (unpaired) electrons. The number of fused-ring (bicyclic) bond motifs is 1. The molecule has 20 heavy (non-hydrogen) atoms. The van der Waals surface area contributed by atoms with Crippen LogP contribution >= 0.6 is 0 Å². The molecule has 0 amide bonds. The van der Waals surface area contributed by atoms with Crippen molar-refractivity contribution in [3.05, 3.63) is 40.2 Å². The van der Waals surface area contributed by atoms with Crippen LogP contribution in [0, 0.1) is 0 Å². The van der Waals surface area contributed by atoms with Crippen molar-refractivity contribution in [2.75, 3.05) is 7.11 Å². The number of methoxy groups -OCH3 is 1. The number of hydrogen-bond donors (Lipinski definition) is 1. The van der Waals surface area contributed by atoms with Gasteiger partial charge in [0.15, 0.2) is 5.43 Å². The lowest BCUT2D eigenvalue weighted by Gasteiger charge is -2.17. The molecule has 0 saturated heterocycles. The molecular formula is C15H15NO4. The number of carbonyl (C=O) groups is 1. The van der Waals surface area contributed by atoms with Gasteiger partial charge in [0.05, 0.1) is 19.0 Å². The minimum Gasteiger partial charge on any atom is -0.495 e. The van der Waals surface area contributed by atoms with Gasteiger partial charge in [-0.3, -0.25) is 9.59 Å². The molecule has 1 aliphatic carbocycles. The van der Waals surface area contributed by atoms with Crippen molar-refractivity contribution >= 4 is 16.9 Å². The van der Waals surface area contributed by atoms with Crippen molar-refractivity contribution in [1.29, 1.82) is 0 Å². The molecule has 104 valence electrons. The summed E-state index contributed by atoms with van der Waals surface area (Å²) in [4.78, 5) is 23.2. The van der Waals surface area contributed by atoms with E-state index in [0.717, 1.165) is 12.8 Å². The van der Waals surface area contributed by atoms with E-state index in [-0.39, 0.29) is 17.9 Å². The van der Waals surface area contributed by atoms with E-state index in [4.69, 9.17) is 9.84 Å². The van der Waals surface area contributed by atoms with E-state index in [2.05, 4.69) is 0 Å². The monoisotopic (exact) mass is 273 g/mol. The maximum absolute atomic E-state index is 12.2. The fourth-order valence-electron chi connectivity index (χ4n) is 2.62. The minimum atomic E-state index is -0.937. The Morgan fingerprint density at radius 2 is 2.20 bits per heavy atom. The maximum Gasteiger partial charge on any atom is 0.309 e.